The number of benzene rings is 1. The highest BCUT2D eigenvalue weighted by atomic mass is 32.2. The molecule has 1 aromatic heterocycles. The second-order valence-electron chi connectivity index (χ2n) is 17.3. The number of rotatable bonds is 12. The predicted molar refractivity (Wildman–Crippen MR) is 200 cm³/mol. The molecule has 2 aliphatic carbocycles. The van der Waals surface area contributed by atoms with E-state index in [1.54, 1.807) is 38.3 Å². The van der Waals surface area contributed by atoms with Gasteiger partial charge in [-0.05, 0) is 64.5 Å². The molecule has 14 nitrogen and oxygen atoms in total. The van der Waals surface area contributed by atoms with Gasteiger partial charge in [-0.1, -0.05) is 79.7 Å². The smallest absolute Gasteiger partial charge is 0.315 e. The molecule has 17 heteroatoms. The van der Waals surface area contributed by atoms with Crippen LogP contribution < -0.4 is 20.7 Å². The molecule has 1 aromatic carbocycles. The molecule has 5 amide bonds. The number of thiophene rings is 1. The molecule has 2 aromatic rings. The molecule has 53 heavy (non-hydrogen) atoms. The third-order valence-corrected chi connectivity index (χ3v) is 15.5. The van der Waals surface area contributed by atoms with Crippen LogP contribution in [0.2, 0.25) is 0 Å². The van der Waals surface area contributed by atoms with Gasteiger partial charge >= 0.3 is 6.03 Å². The zero-order valence-corrected chi connectivity index (χ0v) is 34.2. The summed E-state index contributed by atoms with van der Waals surface area (Å²) in [5, 5.41) is 10.2. The number of likely N-dealkylation sites (tertiary alicyclic amines) is 1. The molecule has 2 saturated carbocycles. The number of sulfonamides is 2. The Morgan fingerprint density at radius 1 is 0.925 bits per heavy atom. The van der Waals surface area contributed by atoms with E-state index >= 15 is 0 Å². The molecule has 5 atom stereocenters. The number of carbonyl (C=O) groups excluding carboxylic acids is 4. The van der Waals surface area contributed by atoms with Crippen LogP contribution >= 0.6 is 11.3 Å². The highest BCUT2D eigenvalue weighted by Crippen LogP contribution is 2.65. The van der Waals surface area contributed by atoms with Crippen LogP contribution in [0.5, 0.6) is 0 Å². The zero-order chi connectivity index (χ0) is 39.5. The van der Waals surface area contributed by atoms with Gasteiger partial charge in [-0.2, -0.15) is 4.31 Å². The lowest BCUT2D eigenvalue weighted by atomic mass is 9.85. The quantitative estimate of drug-likeness (QED) is 0.252. The summed E-state index contributed by atoms with van der Waals surface area (Å²) in [6, 6.07) is 7.29. The van der Waals surface area contributed by atoms with Crippen molar-refractivity contribution in [2.75, 3.05) is 20.1 Å². The van der Waals surface area contributed by atoms with Crippen LogP contribution in [0.15, 0.2) is 56.9 Å². The molecule has 3 aliphatic rings. The van der Waals surface area contributed by atoms with Crippen molar-refractivity contribution in [2.24, 2.45) is 28.1 Å². The SMILES string of the molecule is CN(CC(NC(=O)N[C@H](C(=O)N1CC2C(C1C(=O)NC1(C(=O)NS(=O)(=O)c3ccccc3)CC1)C2(C)C)C(C)(C)C)C(C)(C)C)S(=O)(=O)c1cccs1. The van der Waals surface area contributed by atoms with Crippen LogP contribution in [-0.2, 0) is 34.4 Å². The Bertz CT molecular complexity index is 1950. The molecule has 292 valence electrons. The topological polar surface area (TPSA) is 191 Å². The number of urea groups is 1. The highest BCUT2D eigenvalue weighted by Gasteiger charge is 2.70. The fourth-order valence-electron chi connectivity index (χ4n) is 7.14. The zero-order valence-electron chi connectivity index (χ0n) is 31.7. The van der Waals surface area contributed by atoms with Crippen molar-refractivity contribution in [1.29, 1.82) is 0 Å². The van der Waals surface area contributed by atoms with E-state index in [9.17, 15) is 36.0 Å². The molecule has 1 saturated heterocycles. The van der Waals surface area contributed by atoms with Gasteiger partial charge in [0.2, 0.25) is 11.8 Å². The summed E-state index contributed by atoms with van der Waals surface area (Å²) < 4.78 is 55.6. The minimum Gasteiger partial charge on any atom is -0.340 e. The maximum Gasteiger partial charge on any atom is 0.315 e. The summed E-state index contributed by atoms with van der Waals surface area (Å²) in [4.78, 5) is 57.0. The van der Waals surface area contributed by atoms with E-state index in [1.165, 1.54) is 46.6 Å². The third-order valence-electron chi connectivity index (χ3n) is 10.9. The fraction of sp³-hybridized carbons (Fsp3) is 0.611. The number of amides is 5. The maximum absolute atomic E-state index is 14.5. The van der Waals surface area contributed by atoms with Gasteiger partial charge in [0.25, 0.3) is 26.0 Å². The van der Waals surface area contributed by atoms with Crippen molar-refractivity contribution in [3.05, 3.63) is 47.8 Å². The lowest BCUT2D eigenvalue weighted by Gasteiger charge is -2.39. The Hall–Kier alpha value is -3.54. The molecule has 3 fully saturated rings. The van der Waals surface area contributed by atoms with Crippen molar-refractivity contribution < 1.29 is 36.0 Å². The molecule has 0 spiro atoms. The minimum absolute atomic E-state index is 0.00480. The molecular formula is C36H52N6O8S3. The van der Waals surface area contributed by atoms with E-state index in [-0.39, 0.29) is 52.3 Å². The first-order valence-electron chi connectivity index (χ1n) is 17.6. The predicted octanol–water partition coefficient (Wildman–Crippen LogP) is 3.13. The van der Waals surface area contributed by atoms with E-state index in [1.807, 2.05) is 34.6 Å². The number of nitrogens with zero attached hydrogens (tertiary/aromatic N) is 2. The molecule has 4 N–H and O–H groups in total. The van der Waals surface area contributed by atoms with E-state index in [2.05, 4.69) is 20.7 Å². The normalized spacial score (nSPS) is 23.0. The molecule has 2 heterocycles. The molecule has 1 aliphatic heterocycles. The van der Waals surface area contributed by atoms with Crippen molar-refractivity contribution in [2.45, 2.75) is 101 Å². The van der Waals surface area contributed by atoms with Crippen LogP contribution in [0.25, 0.3) is 0 Å². The molecular weight excluding hydrogens is 741 g/mol. The van der Waals surface area contributed by atoms with Gasteiger partial charge in [0.1, 0.15) is 21.8 Å². The van der Waals surface area contributed by atoms with Gasteiger partial charge in [-0.25, -0.2) is 26.4 Å². The second kappa shape index (κ2) is 13.9. The summed E-state index contributed by atoms with van der Waals surface area (Å²) in [5.74, 6) is -2.07. The summed E-state index contributed by atoms with van der Waals surface area (Å²) in [6.45, 7) is 15.3. The Kier molecular flexibility index (Phi) is 10.7. The molecule has 5 rings (SSSR count). The summed E-state index contributed by atoms with van der Waals surface area (Å²) in [7, 11) is -6.51. The Morgan fingerprint density at radius 3 is 2.08 bits per heavy atom. The first-order valence-corrected chi connectivity index (χ1v) is 21.4. The second-order valence-corrected chi connectivity index (χ2v) is 22.2. The summed E-state index contributed by atoms with van der Waals surface area (Å²) >= 11 is 1.10. The van der Waals surface area contributed by atoms with Gasteiger partial charge in [0.15, 0.2) is 0 Å². The van der Waals surface area contributed by atoms with Gasteiger partial charge in [-0.3, -0.25) is 14.4 Å². The Balaban J connectivity index is 1.31. The molecule has 4 unspecified atom stereocenters. The fourth-order valence-corrected chi connectivity index (χ4v) is 10.6. The van der Waals surface area contributed by atoms with Crippen molar-refractivity contribution in [3.8, 4) is 0 Å². The first kappa shape index (κ1) is 40.6. The average molecular weight is 793 g/mol. The monoisotopic (exact) mass is 792 g/mol. The minimum atomic E-state index is -4.18. The van der Waals surface area contributed by atoms with Crippen LogP contribution in [0.3, 0.4) is 0 Å². The van der Waals surface area contributed by atoms with Crippen LogP contribution in [0.1, 0.15) is 68.2 Å². The summed E-state index contributed by atoms with van der Waals surface area (Å²) in [5.41, 5.74) is -3.07. The molecule has 0 bridgehead atoms. The van der Waals surface area contributed by atoms with Crippen LogP contribution in [0.4, 0.5) is 4.79 Å². The van der Waals surface area contributed by atoms with Gasteiger partial charge in [0.05, 0.1) is 4.90 Å². The van der Waals surface area contributed by atoms with Gasteiger partial charge < -0.3 is 20.9 Å². The average Bonchev–Trinajstić information content (AvgIpc) is 3.68. The largest absolute Gasteiger partial charge is 0.340 e. The Labute approximate surface area is 316 Å². The lowest BCUT2D eigenvalue weighted by Crippen LogP contribution is -2.63. The third kappa shape index (κ3) is 8.27. The number of piperidine rings is 1. The van der Waals surface area contributed by atoms with E-state index in [0.717, 1.165) is 11.3 Å². The van der Waals surface area contributed by atoms with Crippen LogP contribution in [-0.4, -0.2) is 93.6 Å². The van der Waals surface area contributed by atoms with Crippen molar-refractivity contribution in [1.82, 2.24) is 29.9 Å². The number of carbonyl (C=O) groups is 4. The standard InChI is InChI=1S/C36H52N6O8S3/c1-33(2,3)24(21-41(9)53(49,50)25-16-13-19-51-25)37-32(46)38-28(34(4,5)6)30(44)42-20-23-26(35(23,7)8)27(42)29(43)39-36(17-18-36)31(45)40-52(47,48)22-14-11-10-12-15-22/h10-16,19,23-24,26-28H,17-18,20-21H2,1-9H3,(H,39,43)(H,40,45)(H2,37,38,46)/t23?,24?,26?,27?,28-/m1/s1. The van der Waals surface area contributed by atoms with E-state index in [4.69, 9.17) is 0 Å². The van der Waals surface area contributed by atoms with E-state index in [0.29, 0.717) is 0 Å². The highest BCUT2D eigenvalue weighted by molar-refractivity contribution is 7.91. The van der Waals surface area contributed by atoms with Gasteiger partial charge in [0, 0.05) is 26.2 Å². The van der Waals surface area contributed by atoms with Crippen LogP contribution in [0, 0.1) is 28.1 Å². The van der Waals surface area contributed by atoms with Crippen molar-refractivity contribution in [3.63, 3.8) is 0 Å². The maximum atomic E-state index is 14.5. The summed E-state index contributed by atoms with van der Waals surface area (Å²) in [6.07, 6.45) is 0.469. The van der Waals surface area contributed by atoms with Gasteiger partial charge in [-0.15, -0.1) is 11.3 Å². The Morgan fingerprint density at radius 2 is 1.55 bits per heavy atom. The lowest BCUT2D eigenvalue weighted by molar-refractivity contribution is -0.144. The number of likely N-dealkylation sites (N-methyl/N-ethyl adjacent to an activating group) is 1. The number of hydrogen-bond acceptors (Lipinski definition) is 9. The number of nitrogens with one attached hydrogen (secondary N) is 4. The van der Waals surface area contributed by atoms with Crippen molar-refractivity contribution >= 4 is 55.1 Å². The number of fused-ring (bicyclic) bond motifs is 1. The first-order chi connectivity index (χ1) is 24.3. The number of hydrogen-bond donors (Lipinski definition) is 4. The van der Waals surface area contributed by atoms with E-state index < -0.39 is 78.3 Å². The molecule has 0 radical (unpaired) electrons.